The highest BCUT2D eigenvalue weighted by atomic mass is 32.2. The average molecular weight is 448 g/mol. The van der Waals surface area contributed by atoms with Crippen LogP contribution in [-0.4, -0.2) is 53.5 Å². The first-order valence-corrected chi connectivity index (χ1v) is 12.6. The number of nitrogens with zero attached hydrogens (tertiary/aromatic N) is 5. The van der Waals surface area contributed by atoms with E-state index in [4.69, 9.17) is 4.98 Å². The molecule has 0 N–H and O–H groups in total. The molecule has 4 aromatic rings. The van der Waals surface area contributed by atoms with Crippen molar-refractivity contribution in [1.82, 2.24) is 18.9 Å². The number of fused-ring (bicyclic) bond motifs is 4. The van der Waals surface area contributed by atoms with Crippen LogP contribution >= 0.6 is 0 Å². The van der Waals surface area contributed by atoms with E-state index in [1.54, 1.807) is 10.4 Å². The van der Waals surface area contributed by atoms with Crippen molar-refractivity contribution >= 4 is 32.4 Å². The number of rotatable bonds is 3. The van der Waals surface area contributed by atoms with Gasteiger partial charge in [0.05, 0.1) is 16.1 Å². The zero-order valence-corrected chi connectivity index (χ0v) is 18.8. The van der Waals surface area contributed by atoms with Gasteiger partial charge in [-0.25, -0.2) is 17.9 Å². The monoisotopic (exact) mass is 447 g/mol. The minimum atomic E-state index is -3.49. The van der Waals surface area contributed by atoms with Gasteiger partial charge in [0.15, 0.2) is 5.65 Å². The predicted octanol–water partition coefficient (Wildman–Crippen LogP) is 3.19. The molecule has 8 heteroatoms. The van der Waals surface area contributed by atoms with Crippen molar-refractivity contribution in [3.8, 4) is 0 Å². The van der Waals surface area contributed by atoms with Crippen LogP contribution in [0.1, 0.15) is 23.2 Å². The van der Waals surface area contributed by atoms with Crippen LogP contribution in [0.4, 0.5) is 5.82 Å². The van der Waals surface area contributed by atoms with Gasteiger partial charge in [0.1, 0.15) is 5.82 Å². The Morgan fingerprint density at radius 3 is 2.53 bits per heavy atom. The molecule has 2 aliphatic rings. The number of hydrogen-bond acceptors (Lipinski definition) is 5. The average Bonchev–Trinajstić information content (AvgIpc) is 3.43. The maximum Gasteiger partial charge on any atom is 0.243 e. The Hall–Kier alpha value is -2.97. The molecule has 0 amide bonds. The summed E-state index contributed by atoms with van der Waals surface area (Å²) in [5, 5.41) is 5.60. The number of aromatic nitrogens is 3. The molecule has 6 rings (SSSR count). The van der Waals surface area contributed by atoms with Crippen molar-refractivity contribution in [3.05, 3.63) is 65.4 Å². The van der Waals surface area contributed by atoms with E-state index in [1.807, 2.05) is 41.8 Å². The van der Waals surface area contributed by atoms with Gasteiger partial charge in [-0.05, 0) is 61.6 Å². The molecule has 2 aromatic heterocycles. The molecule has 0 spiro atoms. The Kier molecular flexibility index (Phi) is 4.48. The molecule has 3 heterocycles. The second-order valence-corrected chi connectivity index (χ2v) is 10.6. The third kappa shape index (κ3) is 3.09. The maximum atomic E-state index is 13.3. The standard InChI is InChI=1S/C24H25N5O2S/c1-17-15-23-25-24(21-7-2-3-8-22(21)29(23)26-17)27-11-13-28(14-12-27)32(30,31)20-10-9-18-5-4-6-19(18)16-20/h2-3,7-10,15-16H,4-6,11-14H2,1H3. The SMILES string of the molecule is Cc1cc2nc(N3CCN(S(=O)(=O)c4ccc5c(c4)CCC5)CC3)c3ccccc3n2n1. The van der Waals surface area contributed by atoms with E-state index in [0.717, 1.165) is 47.3 Å². The zero-order chi connectivity index (χ0) is 21.9. The summed E-state index contributed by atoms with van der Waals surface area (Å²) >= 11 is 0. The first-order valence-electron chi connectivity index (χ1n) is 11.1. The van der Waals surface area contributed by atoms with Crippen LogP contribution in [0.3, 0.4) is 0 Å². The van der Waals surface area contributed by atoms with Gasteiger partial charge in [-0.3, -0.25) is 0 Å². The fourth-order valence-electron chi connectivity index (χ4n) is 5.00. The number of para-hydroxylation sites is 1. The van der Waals surface area contributed by atoms with Gasteiger partial charge in [-0.2, -0.15) is 9.40 Å². The highest BCUT2D eigenvalue weighted by molar-refractivity contribution is 7.89. The van der Waals surface area contributed by atoms with E-state index in [-0.39, 0.29) is 0 Å². The third-order valence-electron chi connectivity index (χ3n) is 6.65. The van der Waals surface area contributed by atoms with Gasteiger partial charge in [0.2, 0.25) is 10.0 Å². The third-order valence-corrected chi connectivity index (χ3v) is 8.55. The molecule has 1 aliphatic carbocycles. The summed E-state index contributed by atoms with van der Waals surface area (Å²) in [6.07, 6.45) is 3.14. The van der Waals surface area contributed by atoms with Crippen molar-refractivity contribution in [1.29, 1.82) is 0 Å². The van der Waals surface area contributed by atoms with Crippen LogP contribution in [0.5, 0.6) is 0 Å². The fourth-order valence-corrected chi connectivity index (χ4v) is 6.47. The number of aryl methyl sites for hydroxylation is 3. The van der Waals surface area contributed by atoms with Gasteiger partial charge < -0.3 is 4.90 Å². The van der Waals surface area contributed by atoms with Gasteiger partial charge in [0, 0.05) is 37.6 Å². The summed E-state index contributed by atoms with van der Waals surface area (Å²) in [5.41, 5.74) is 5.21. The maximum absolute atomic E-state index is 13.3. The molecule has 0 radical (unpaired) electrons. The minimum Gasteiger partial charge on any atom is -0.353 e. The van der Waals surface area contributed by atoms with Crippen molar-refractivity contribution in [2.75, 3.05) is 31.1 Å². The molecular weight excluding hydrogens is 422 g/mol. The summed E-state index contributed by atoms with van der Waals surface area (Å²) in [4.78, 5) is 7.51. The molecule has 0 unspecified atom stereocenters. The van der Waals surface area contributed by atoms with Crippen LogP contribution in [0.2, 0.25) is 0 Å². The Morgan fingerprint density at radius 2 is 1.69 bits per heavy atom. The van der Waals surface area contributed by atoms with E-state index in [2.05, 4.69) is 22.1 Å². The normalized spacial score (nSPS) is 17.3. The van der Waals surface area contributed by atoms with E-state index < -0.39 is 10.0 Å². The molecule has 2 aromatic carbocycles. The van der Waals surface area contributed by atoms with E-state index >= 15 is 0 Å². The number of sulfonamides is 1. The summed E-state index contributed by atoms with van der Waals surface area (Å²) < 4.78 is 30.1. The highest BCUT2D eigenvalue weighted by Crippen LogP contribution is 2.30. The van der Waals surface area contributed by atoms with Gasteiger partial charge in [0.25, 0.3) is 0 Å². The van der Waals surface area contributed by atoms with Crippen LogP contribution in [0, 0.1) is 6.92 Å². The molecule has 0 saturated carbocycles. The number of anilines is 1. The minimum absolute atomic E-state index is 0.423. The molecule has 7 nitrogen and oxygen atoms in total. The highest BCUT2D eigenvalue weighted by Gasteiger charge is 2.30. The van der Waals surface area contributed by atoms with Gasteiger partial charge in [-0.15, -0.1) is 0 Å². The Bertz CT molecular complexity index is 1450. The first kappa shape index (κ1) is 19.7. The molecule has 1 saturated heterocycles. The van der Waals surface area contributed by atoms with Gasteiger partial charge in [-0.1, -0.05) is 18.2 Å². The molecule has 164 valence electrons. The summed E-state index contributed by atoms with van der Waals surface area (Å²) in [6, 6.07) is 15.7. The summed E-state index contributed by atoms with van der Waals surface area (Å²) in [6.45, 7) is 4.05. The molecule has 1 aliphatic heterocycles. The lowest BCUT2D eigenvalue weighted by molar-refractivity contribution is 0.384. The second-order valence-electron chi connectivity index (χ2n) is 8.68. The van der Waals surface area contributed by atoms with Gasteiger partial charge >= 0.3 is 0 Å². The van der Waals surface area contributed by atoms with Crippen molar-refractivity contribution in [3.63, 3.8) is 0 Å². The van der Waals surface area contributed by atoms with Crippen molar-refractivity contribution < 1.29 is 8.42 Å². The van der Waals surface area contributed by atoms with Crippen molar-refractivity contribution in [2.24, 2.45) is 0 Å². The lowest BCUT2D eigenvalue weighted by Crippen LogP contribution is -2.49. The topological polar surface area (TPSA) is 70.8 Å². The molecule has 0 atom stereocenters. The Balaban J connectivity index is 1.29. The molecule has 0 bridgehead atoms. The number of hydrogen-bond donors (Lipinski definition) is 0. The van der Waals surface area contributed by atoms with E-state index in [1.165, 1.54) is 11.1 Å². The van der Waals surface area contributed by atoms with E-state index in [9.17, 15) is 8.42 Å². The number of piperazine rings is 1. The van der Waals surface area contributed by atoms with Crippen molar-refractivity contribution in [2.45, 2.75) is 31.1 Å². The summed E-state index contributed by atoms with van der Waals surface area (Å²) in [7, 11) is -3.49. The number of benzene rings is 2. The smallest absolute Gasteiger partial charge is 0.243 e. The Labute approximate surface area is 187 Å². The lowest BCUT2D eigenvalue weighted by Gasteiger charge is -2.35. The van der Waals surface area contributed by atoms with Crippen LogP contribution < -0.4 is 4.90 Å². The lowest BCUT2D eigenvalue weighted by atomic mass is 10.1. The van der Waals surface area contributed by atoms with Crippen LogP contribution in [0.15, 0.2) is 53.4 Å². The summed E-state index contributed by atoms with van der Waals surface area (Å²) in [5.74, 6) is 0.891. The molecule has 1 fully saturated rings. The zero-order valence-electron chi connectivity index (χ0n) is 18.0. The van der Waals surface area contributed by atoms with E-state index in [0.29, 0.717) is 31.1 Å². The fraction of sp³-hybridized carbons (Fsp3) is 0.333. The Morgan fingerprint density at radius 1 is 0.906 bits per heavy atom. The molecular formula is C24H25N5O2S. The van der Waals surface area contributed by atoms with Crippen LogP contribution in [0.25, 0.3) is 16.6 Å². The quantitative estimate of drug-likeness (QED) is 0.482. The first-order chi connectivity index (χ1) is 15.5. The second kappa shape index (κ2) is 7.28. The largest absolute Gasteiger partial charge is 0.353 e. The molecule has 32 heavy (non-hydrogen) atoms. The predicted molar refractivity (Wildman–Crippen MR) is 125 cm³/mol. The van der Waals surface area contributed by atoms with Crippen LogP contribution in [-0.2, 0) is 22.9 Å².